The Morgan fingerprint density at radius 3 is 2.83 bits per heavy atom. The average molecular weight is 337 g/mol. The number of benzene rings is 1. The van der Waals surface area contributed by atoms with Crippen molar-refractivity contribution in [3.05, 3.63) is 34.1 Å². The van der Waals surface area contributed by atoms with Gasteiger partial charge < -0.3 is 5.32 Å². The van der Waals surface area contributed by atoms with Gasteiger partial charge in [-0.15, -0.1) is 11.6 Å². The number of hydrogen-bond donors (Lipinski definition) is 1. The third kappa shape index (κ3) is 5.25. The number of hydrogen-bond acceptors (Lipinski definition) is 1. The molecule has 0 fully saturated rings. The molecule has 18 heavy (non-hydrogen) atoms. The highest BCUT2D eigenvalue weighted by atomic mass is 79.9. The summed E-state index contributed by atoms with van der Waals surface area (Å²) in [4.78, 5) is 0. The molecule has 0 aliphatic rings. The zero-order valence-corrected chi connectivity index (χ0v) is 13.0. The molecule has 1 aromatic carbocycles. The lowest BCUT2D eigenvalue weighted by atomic mass is 10.0. The van der Waals surface area contributed by atoms with E-state index < -0.39 is 0 Å². The second-order valence-corrected chi connectivity index (χ2v) is 5.65. The fourth-order valence-corrected chi connectivity index (χ4v) is 2.72. The standard InChI is InChI=1S/C14H20BrClFN/c1-2-4-11(7-8-16)9-18-10-12-5-3-6-13(17)14(12)15/h3,5-6,11,18H,2,4,7-10H2,1H3. The van der Waals surface area contributed by atoms with E-state index in [0.717, 1.165) is 18.5 Å². The van der Waals surface area contributed by atoms with Crippen LogP contribution < -0.4 is 5.32 Å². The minimum atomic E-state index is -0.208. The Hall–Kier alpha value is -0.120. The Balaban J connectivity index is 2.42. The molecule has 0 aliphatic carbocycles. The van der Waals surface area contributed by atoms with Crippen molar-refractivity contribution < 1.29 is 4.39 Å². The molecule has 1 N–H and O–H groups in total. The van der Waals surface area contributed by atoms with Gasteiger partial charge in [0.2, 0.25) is 0 Å². The van der Waals surface area contributed by atoms with Gasteiger partial charge in [0.05, 0.1) is 4.47 Å². The molecule has 0 amide bonds. The summed E-state index contributed by atoms with van der Waals surface area (Å²) in [6.45, 7) is 3.80. The van der Waals surface area contributed by atoms with Crippen molar-refractivity contribution >= 4 is 27.5 Å². The molecule has 0 radical (unpaired) electrons. The third-order valence-electron chi connectivity index (χ3n) is 2.99. The highest BCUT2D eigenvalue weighted by Crippen LogP contribution is 2.20. The summed E-state index contributed by atoms with van der Waals surface area (Å²) in [5, 5.41) is 3.38. The lowest BCUT2D eigenvalue weighted by Gasteiger charge is -2.16. The van der Waals surface area contributed by atoms with Crippen molar-refractivity contribution in [2.45, 2.75) is 32.7 Å². The highest BCUT2D eigenvalue weighted by Gasteiger charge is 2.08. The Labute approximate surface area is 122 Å². The Bertz CT molecular complexity index is 354. The van der Waals surface area contributed by atoms with Gasteiger partial charge in [-0.3, -0.25) is 0 Å². The van der Waals surface area contributed by atoms with E-state index in [0.29, 0.717) is 22.8 Å². The van der Waals surface area contributed by atoms with Crippen LogP contribution in [-0.4, -0.2) is 12.4 Å². The molecule has 0 aliphatic heterocycles. The van der Waals surface area contributed by atoms with Crippen LogP contribution in [0.1, 0.15) is 31.7 Å². The van der Waals surface area contributed by atoms with Crippen molar-refractivity contribution in [2.24, 2.45) is 5.92 Å². The van der Waals surface area contributed by atoms with Crippen LogP contribution in [0, 0.1) is 11.7 Å². The molecule has 1 rings (SSSR count). The van der Waals surface area contributed by atoms with Gasteiger partial charge in [-0.25, -0.2) is 4.39 Å². The summed E-state index contributed by atoms with van der Waals surface area (Å²) in [6, 6.07) is 5.12. The molecule has 0 aromatic heterocycles. The average Bonchev–Trinajstić information content (AvgIpc) is 2.35. The topological polar surface area (TPSA) is 12.0 Å². The third-order valence-corrected chi connectivity index (χ3v) is 4.10. The quantitative estimate of drug-likeness (QED) is 0.677. The summed E-state index contributed by atoms with van der Waals surface area (Å²) >= 11 is 9.06. The zero-order chi connectivity index (χ0) is 13.4. The van der Waals surface area contributed by atoms with Crippen molar-refractivity contribution in [2.75, 3.05) is 12.4 Å². The van der Waals surface area contributed by atoms with Crippen molar-refractivity contribution in [1.29, 1.82) is 0 Å². The van der Waals surface area contributed by atoms with Crippen LogP contribution in [-0.2, 0) is 6.54 Å². The molecule has 4 heteroatoms. The van der Waals surface area contributed by atoms with Crippen LogP contribution in [0.4, 0.5) is 4.39 Å². The van der Waals surface area contributed by atoms with Gasteiger partial charge in [0.25, 0.3) is 0 Å². The first-order chi connectivity index (χ1) is 8.69. The predicted molar refractivity (Wildman–Crippen MR) is 79.5 cm³/mol. The SMILES string of the molecule is CCCC(CCCl)CNCc1cccc(F)c1Br. The normalized spacial score (nSPS) is 12.7. The fourth-order valence-electron chi connectivity index (χ4n) is 2.01. The molecule has 0 saturated carbocycles. The van der Waals surface area contributed by atoms with E-state index in [1.807, 2.05) is 6.07 Å². The van der Waals surface area contributed by atoms with Gasteiger partial charge in [-0.2, -0.15) is 0 Å². The van der Waals surface area contributed by atoms with Crippen molar-refractivity contribution in [1.82, 2.24) is 5.32 Å². The van der Waals surface area contributed by atoms with Crippen LogP contribution in [0.3, 0.4) is 0 Å². The monoisotopic (exact) mass is 335 g/mol. The second kappa shape index (κ2) is 8.89. The number of halogens is 3. The summed E-state index contributed by atoms with van der Waals surface area (Å²) in [5.41, 5.74) is 0.955. The van der Waals surface area contributed by atoms with Crippen LogP contribution in [0.5, 0.6) is 0 Å². The predicted octanol–water partition coefficient (Wildman–Crippen LogP) is 4.72. The minimum Gasteiger partial charge on any atom is -0.312 e. The van der Waals surface area contributed by atoms with Gasteiger partial charge in [0.1, 0.15) is 5.82 Å². The lowest BCUT2D eigenvalue weighted by Crippen LogP contribution is -2.23. The van der Waals surface area contributed by atoms with Gasteiger partial charge in [-0.05, 0) is 52.9 Å². The van der Waals surface area contributed by atoms with Crippen molar-refractivity contribution in [3.8, 4) is 0 Å². The van der Waals surface area contributed by atoms with E-state index in [2.05, 4.69) is 28.2 Å². The molecular weight excluding hydrogens is 317 g/mol. The molecule has 1 aromatic rings. The molecule has 1 nitrogen and oxygen atoms in total. The van der Waals surface area contributed by atoms with E-state index in [-0.39, 0.29) is 5.82 Å². The molecular formula is C14H20BrClFN. The molecule has 102 valence electrons. The number of alkyl halides is 1. The molecule has 0 saturated heterocycles. The molecule has 0 bridgehead atoms. The summed E-state index contributed by atoms with van der Waals surface area (Å²) in [5.74, 6) is 1.11. The minimum absolute atomic E-state index is 0.208. The smallest absolute Gasteiger partial charge is 0.137 e. The molecule has 0 spiro atoms. The summed E-state index contributed by atoms with van der Waals surface area (Å²) in [7, 11) is 0. The maximum Gasteiger partial charge on any atom is 0.137 e. The fraction of sp³-hybridized carbons (Fsp3) is 0.571. The van der Waals surface area contributed by atoms with Gasteiger partial charge in [-0.1, -0.05) is 25.5 Å². The van der Waals surface area contributed by atoms with Gasteiger partial charge >= 0.3 is 0 Å². The zero-order valence-electron chi connectivity index (χ0n) is 10.7. The van der Waals surface area contributed by atoms with E-state index in [1.54, 1.807) is 6.07 Å². The van der Waals surface area contributed by atoms with E-state index in [4.69, 9.17) is 11.6 Å². The Morgan fingerprint density at radius 2 is 2.17 bits per heavy atom. The van der Waals surface area contributed by atoms with Crippen LogP contribution in [0.2, 0.25) is 0 Å². The highest BCUT2D eigenvalue weighted by molar-refractivity contribution is 9.10. The summed E-state index contributed by atoms with van der Waals surface area (Å²) in [6.07, 6.45) is 3.39. The first kappa shape index (κ1) is 15.9. The number of rotatable bonds is 8. The van der Waals surface area contributed by atoms with E-state index >= 15 is 0 Å². The van der Waals surface area contributed by atoms with Crippen LogP contribution in [0.15, 0.2) is 22.7 Å². The first-order valence-corrected chi connectivity index (χ1v) is 7.71. The van der Waals surface area contributed by atoms with Crippen LogP contribution >= 0.6 is 27.5 Å². The van der Waals surface area contributed by atoms with Crippen LogP contribution in [0.25, 0.3) is 0 Å². The lowest BCUT2D eigenvalue weighted by molar-refractivity contribution is 0.430. The van der Waals surface area contributed by atoms with E-state index in [9.17, 15) is 4.39 Å². The Kier molecular flexibility index (Phi) is 7.87. The molecule has 1 atom stereocenters. The molecule has 0 heterocycles. The van der Waals surface area contributed by atoms with E-state index in [1.165, 1.54) is 18.9 Å². The summed E-state index contributed by atoms with van der Waals surface area (Å²) < 4.78 is 13.9. The maximum atomic E-state index is 13.3. The maximum absolute atomic E-state index is 13.3. The largest absolute Gasteiger partial charge is 0.312 e. The number of nitrogens with one attached hydrogen (secondary N) is 1. The van der Waals surface area contributed by atoms with Gasteiger partial charge in [0.15, 0.2) is 0 Å². The van der Waals surface area contributed by atoms with Gasteiger partial charge in [0, 0.05) is 12.4 Å². The Morgan fingerprint density at radius 1 is 1.39 bits per heavy atom. The first-order valence-electron chi connectivity index (χ1n) is 6.38. The second-order valence-electron chi connectivity index (χ2n) is 4.48. The molecule has 1 unspecified atom stereocenters. The van der Waals surface area contributed by atoms with Crippen molar-refractivity contribution in [3.63, 3.8) is 0 Å².